The third-order valence-electron chi connectivity index (χ3n) is 2.44. The van der Waals surface area contributed by atoms with E-state index in [0.29, 0.717) is 22.7 Å². The van der Waals surface area contributed by atoms with E-state index in [4.69, 9.17) is 4.42 Å². The van der Waals surface area contributed by atoms with Crippen LogP contribution in [0.15, 0.2) is 48.8 Å². The summed E-state index contributed by atoms with van der Waals surface area (Å²) in [7, 11) is -3.25. The van der Waals surface area contributed by atoms with Gasteiger partial charge in [-0.1, -0.05) is 12.1 Å². The summed E-state index contributed by atoms with van der Waals surface area (Å²) in [6.07, 6.45) is 1.19. The fourth-order valence-electron chi connectivity index (χ4n) is 1.60. The lowest BCUT2D eigenvalue weighted by Crippen LogP contribution is -2.05. The molecule has 102 valence electrons. The van der Waals surface area contributed by atoms with Crippen LogP contribution in [0.3, 0.4) is 0 Å². The molecule has 0 spiro atoms. The van der Waals surface area contributed by atoms with E-state index in [2.05, 4.69) is 37.2 Å². The molecule has 4 nitrogen and oxygen atoms in total. The van der Waals surface area contributed by atoms with Crippen molar-refractivity contribution in [2.75, 3.05) is 11.6 Å². The van der Waals surface area contributed by atoms with E-state index >= 15 is 0 Å². The third kappa shape index (κ3) is 3.61. The van der Waals surface area contributed by atoms with Crippen LogP contribution in [0.25, 0.3) is 0 Å². The maximum atomic E-state index is 11.6. The molecular weight excluding hydrogens is 398 g/mol. The summed E-state index contributed by atoms with van der Waals surface area (Å²) in [5.74, 6) is 0.696. The molecule has 1 aromatic heterocycles. The number of sulfone groups is 1. The van der Waals surface area contributed by atoms with Crippen molar-refractivity contribution in [3.05, 3.63) is 45.2 Å². The summed E-state index contributed by atoms with van der Waals surface area (Å²) in [6, 6.07) is 8.60. The Balaban J connectivity index is 2.21. The maximum absolute atomic E-state index is 11.6. The molecule has 0 atom stereocenters. The summed E-state index contributed by atoms with van der Waals surface area (Å²) in [4.78, 5) is 0.277. The summed E-state index contributed by atoms with van der Waals surface area (Å²) in [5, 5.41) is 3.06. The van der Waals surface area contributed by atoms with E-state index < -0.39 is 9.84 Å². The van der Waals surface area contributed by atoms with Crippen LogP contribution in [0.2, 0.25) is 0 Å². The van der Waals surface area contributed by atoms with E-state index in [0.717, 1.165) is 4.47 Å². The van der Waals surface area contributed by atoms with Crippen molar-refractivity contribution in [1.29, 1.82) is 0 Å². The monoisotopic (exact) mass is 407 g/mol. The summed E-state index contributed by atoms with van der Waals surface area (Å²) < 4.78 is 30.1. The van der Waals surface area contributed by atoms with Crippen molar-refractivity contribution >= 4 is 47.4 Å². The predicted octanol–water partition coefficient (Wildman–Crippen LogP) is 3.82. The van der Waals surface area contributed by atoms with Crippen LogP contribution < -0.4 is 5.32 Å². The molecule has 1 heterocycles. The molecule has 1 N–H and O–H groups in total. The summed E-state index contributed by atoms with van der Waals surface area (Å²) in [5.41, 5.74) is 0.564. The summed E-state index contributed by atoms with van der Waals surface area (Å²) >= 11 is 6.58. The highest BCUT2D eigenvalue weighted by atomic mass is 79.9. The van der Waals surface area contributed by atoms with Crippen LogP contribution in [-0.2, 0) is 16.4 Å². The Morgan fingerprint density at radius 2 is 1.95 bits per heavy atom. The van der Waals surface area contributed by atoms with Gasteiger partial charge in [0.25, 0.3) is 0 Å². The van der Waals surface area contributed by atoms with Gasteiger partial charge < -0.3 is 9.73 Å². The molecule has 0 aliphatic rings. The van der Waals surface area contributed by atoms with Gasteiger partial charge in [-0.3, -0.25) is 0 Å². The molecule has 0 amide bonds. The number of para-hydroxylation sites is 1. The lowest BCUT2D eigenvalue weighted by Gasteiger charge is -2.09. The Hall–Kier alpha value is -0.790. The van der Waals surface area contributed by atoms with E-state index in [-0.39, 0.29) is 4.90 Å². The zero-order valence-electron chi connectivity index (χ0n) is 9.98. The van der Waals surface area contributed by atoms with Crippen molar-refractivity contribution in [1.82, 2.24) is 0 Å². The second kappa shape index (κ2) is 5.68. The van der Waals surface area contributed by atoms with Gasteiger partial charge in [-0.2, -0.15) is 0 Å². The first-order valence-corrected chi connectivity index (χ1v) is 8.82. The number of anilines is 1. The van der Waals surface area contributed by atoms with Gasteiger partial charge in [-0.15, -0.1) is 0 Å². The van der Waals surface area contributed by atoms with Crippen LogP contribution in [0.5, 0.6) is 0 Å². The number of nitrogens with one attached hydrogen (secondary N) is 1. The normalized spacial score (nSPS) is 11.5. The second-order valence-electron chi connectivity index (χ2n) is 3.96. The van der Waals surface area contributed by atoms with E-state index in [1.807, 2.05) is 6.07 Å². The van der Waals surface area contributed by atoms with Crippen molar-refractivity contribution < 1.29 is 12.8 Å². The Morgan fingerprint density at radius 3 is 2.53 bits per heavy atom. The van der Waals surface area contributed by atoms with Gasteiger partial charge in [-0.05, 0) is 50.1 Å². The van der Waals surface area contributed by atoms with Crippen LogP contribution in [0, 0.1) is 0 Å². The topological polar surface area (TPSA) is 59.3 Å². The van der Waals surface area contributed by atoms with Gasteiger partial charge >= 0.3 is 0 Å². The Bertz CT molecular complexity index is 675. The van der Waals surface area contributed by atoms with Crippen molar-refractivity contribution in [3.8, 4) is 0 Å². The van der Waals surface area contributed by atoms with Gasteiger partial charge in [0.2, 0.25) is 0 Å². The largest absolute Gasteiger partial charge is 0.451 e. The molecule has 2 rings (SSSR count). The van der Waals surface area contributed by atoms with Crippen molar-refractivity contribution in [2.45, 2.75) is 11.4 Å². The van der Waals surface area contributed by atoms with Crippen LogP contribution in [0.1, 0.15) is 5.76 Å². The SMILES string of the molecule is CS(=O)(=O)c1ccccc1NCc1cc(Br)c(Br)o1. The lowest BCUT2D eigenvalue weighted by atomic mass is 10.3. The molecule has 7 heteroatoms. The van der Waals surface area contributed by atoms with Crippen molar-refractivity contribution in [2.24, 2.45) is 0 Å². The second-order valence-corrected chi connectivity index (χ2v) is 7.51. The molecular formula is C12H11Br2NO3S. The minimum absolute atomic E-state index is 0.277. The number of hydrogen-bond donors (Lipinski definition) is 1. The molecule has 0 aliphatic heterocycles. The number of hydrogen-bond acceptors (Lipinski definition) is 4. The zero-order chi connectivity index (χ0) is 14.0. The first-order valence-electron chi connectivity index (χ1n) is 5.34. The predicted molar refractivity (Wildman–Crippen MR) is 81.0 cm³/mol. The highest BCUT2D eigenvalue weighted by Crippen LogP contribution is 2.28. The Morgan fingerprint density at radius 1 is 1.26 bits per heavy atom. The van der Waals surface area contributed by atoms with Crippen LogP contribution in [-0.4, -0.2) is 14.7 Å². The minimum atomic E-state index is -3.25. The van der Waals surface area contributed by atoms with Crippen molar-refractivity contribution in [3.63, 3.8) is 0 Å². The standard InChI is InChI=1S/C12H11Br2NO3S/c1-19(16,17)11-5-3-2-4-10(11)15-7-8-6-9(13)12(14)18-8/h2-6,15H,7H2,1H3. The van der Waals surface area contributed by atoms with Gasteiger partial charge in [0.05, 0.1) is 21.6 Å². The number of rotatable bonds is 4. The minimum Gasteiger partial charge on any atom is -0.451 e. The van der Waals surface area contributed by atoms with E-state index in [9.17, 15) is 8.42 Å². The van der Waals surface area contributed by atoms with Crippen LogP contribution >= 0.6 is 31.9 Å². The molecule has 0 aliphatic carbocycles. The molecule has 0 radical (unpaired) electrons. The molecule has 0 fully saturated rings. The first-order chi connectivity index (χ1) is 8.88. The van der Waals surface area contributed by atoms with E-state index in [1.54, 1.807) is 24.3 Å². The molecule has 1 aromatic carbocycles. The average Bonchev–Trinajstić information content (AvgIpc) is 2.65. The van der Waals surface area contributed by atoms with Gasteiger partial charge in [-0.25, -0.2) is 8.42 Å². The highest BCUT2D eigenvalue weighted by molar-refractivity contribution is 9.13. The molecule has 2 aromatic rings. The van der Waals surface area contributed by atoms with E-state index in [1.165, 1.54) is 6.26 Å². The number of halogens is 2. The van der Waals surface area contributed by atoms with Gasteiger partial charge in [0.1, 0.15) is 5.76 Å². The fraction of sp³-hybridized carbons (Fsp3) is 0.167. The average molecular weight is 409 g/mol. The molecule has 0 saturated carbocycles. The smallest absolute Gasteiger partial charge is 0.183 e. The van der Waals surface area contributed by atoms with Gasteiger partial charge in [0, 0.05) is 6.26 Å². The Labute approximate surface area is 128 Å². The number of benzene rings is 1. The molecule has 19 heavy (non-hydrogen) atoms. The molecule has 0 saturated heterocycles. The molecule has 0 bridgehead atoms. The molecule has 0 unspecified atom stereocenters. The fourth-order valence-corrected chi connectivity index (χ4v) is 3.12. The Kier molecular flexibility index (Phi) is 4.37. The summed E-state index contributed by atoms with van der Waals surface area (Å²) in [6.45, 7) is 0.400. The van der Waals surface area contributed by atoms with Gasteiger partial charge in [0.15, 0.2) is 14.5 Å². The highest BCUT2D eigenvalue weighted by Gasteiger charge is 2.13. The zero-order valence-corrected chi connectivity index (χ0v) is 14.0. The van der Waals surface area contributed by atoms with Crippen LogP contribution in [0.4, 0.5) is 5.69 Å². The first kappa shape index (κ1) is 14.6. The quantitative estimate of drug-likeness (QED) is 0.835. The number of furan rings is 1. The third-order valence-corrected chi connectivity index (χ3v) is 5.30. The lowest BCUT2D eigenvalue weighted by molar-refractivity contribution is 0.494. The maximum Gasteiger partial charge on any atom is 0.183 e.